The Kier molecular flexibility index (Phi) is 3.77. The minimum absolute atomic E-state index is 0.298. The molecule has 0 fully saturated rings. The zero-order chi connectivity index (χ0) is 14.0. The second-order valence-corrected chi connectivity index (χ2v) is 4.29. The van der Waals surface area contributed by atoms with Crippen molar-refractivity contribution in [2.24, 2.45) is 0 Å². The molecule has 0 atom stereocenters. The summed E-state index contributed by atoms with van der Waals surface area (Å²) in [6, 6.07) is 0.921. The fraction of sp³-hybridized carbons (Fsp3) is 0.417. The van der Waals surface area contributed by atoms with Crippen molar-refractivity contribution in [2.45, 2.75) is 19.9 Å². The number of fused-ring (bicyclic) bond motifs is 1. The highest BCUT2D eigenvalue weighted by atomic mass is 16.5. The van der Waals surface area contributed by atoms with Crippen LogP contribution in [0.25, 0.3) is 11.1 Å². The van der Waals surface area contributed by atoms with Crippen molar-refractivity contribution in [3.63, 3.8) is 0 Å². The van der Waals surface area contributed by atoms with E-state index in [-0.39, 0.29) is 13.2 Å². The number of aliphatic hydroxyl groups is 2. The van der Waals surface area contributed by atoms with E-state index in [1.54, 1.807) is 19.9 Å². The van der Waals surface area contributed by atoms with E-state index in [0.29, 0.717) is 28.1 Å². The number of hydrogen-bond donors (Lipinski definition) is 3. The molecule has 0 saturated carbocycles. The van der Waals surface area contributed by atoms with E-state index < -0.39 is 11.9 Å². The normalized spacial score (nSPS) is 11.2. The second kappa shape index (κ2) is 5.33. The summed E-state index contributed by atoms with van der Waals surface area (Å²) in [4.78, 5) is 16.3. The maximum absolute atomic E-state index is 12.2. The molecule has 2 heterocycles. The molecule has 1 amide bonds. The van der Waals surface area contributed by atoms with Gasteiger partial charge < -0.3 is 20.1 Å². The van der Waals surface area contributed by atoms with Crippen LogP contribution >= 0.6 is 0 Å². The highest BCUT2D eigenvalue weighted by Crippen LogP contribution is 2.21. The van der Waals surface area contributed by atoms with Gasteiger partial charge in [0.1, 0.15) is 0 Å². The molecule has 7 heteroatoms. The Hall–Kier alpha value is -1.99. The minimum atomic E-state index is -0.698. The lowest BCUT2D eigenvalue weighted by molar-refractivity contribution is 0.0881. The number of nitrogens with zero attached hydrogens (tertiary/aromatic N) is 2. The third-order valence-electron chi connectivity index (χ3n) is 2.77. The predicted octanol–water partition coefficient (Wildman–Crippen LogP) is -0.0774. The van der Waals surface area contributed by atoms with Crippen LogP contribution in [0.2, 0.25) is 0 Å². The predicted molar refractivity (Wildman–Crippen MR) is 66.7 cm³/mol. The molecule has 0 aliphatic rings. The van der Waals surface area contributed by atoms with Gasteiger partial charge in [-0.05, 0) is 19.9 Å². The van der Waals surface area contributed by atoms with Crippen LogP contribution in [0, 0.1) is 13.8 Å². The van der Waals surface area contributed by atoms with Crippen LogP contribution in [0.5, 0.6) is 0 Å². The van der Waals surface area contributed by atoms with Crippen LogP contribution in [0.1, 0.15) is 21.7 Å². The van der Waals surface area contributed by atoms with Crippen LogP contribution in [-0.2, 0) is 0 Å². The molecule has 3 N–H and O–H groups in total. The van der Waals surface area contributed by atoms with Crippen molar-refractivity contribution in [2.75, 3.05) is 13.2 Å². The molecule has 102 valence electrons. The fourth-order valence-electron chi connectivity index (χ4n) is 1.81. The molecule has 0 spiro atoms. The summed E-state index contributed by atoms with van der Waals surface area (Å²) in [7, 11) is 0. The summed E-state index contributed by atoms with van der Waals surface area (Å²) in [6.07, 6.45) is 0. The molecule has 0 bridgehead atoms. The minimum Gasteiger partial charge on any atom is -0.394 e. The number of pyridine rings is 1. The zero-order valence-corrected chi connectivity index (χ0v) is 10.7. The van der Waals surface area contributed by atoms with Gasteiger partial charge in [-0.25, -0.2) is 4.98 Å². The first-order chi connectivity index (χ1) is 9.06. The number of nitrogens with one attached hydrogen (secondary N) is 1. The number of aliphatic hydroxyl groups excluding tert-OH is 2. The van der Waals surface area contributed by atoms with Crippen molar-refractivity contribution in [3.8, 4) is 0 Å². The van der Waals surface area contributed by atoms with Gasteiger partial charge in [0.15, 0.2) is 0 Å². The van der Waals surface area contributed by atoms with E-state index in [9.17, 15) is 4.79 Å². The molecule has 19 heavy (non-hydrogen) atoms. The summed E-state index contributed by atoms with van der Waals surface area (Å²) in [5.74, 6) is -0.407. The van der Waals surface area contributed by atoms with Gasteiger partial charge in [-0.15, -0.1) is 0 Å². The van der Waals surface area contributed by atoms with Crippen LogP contribution in [-0.4, -0.2) is 45.5 Å². The van der Waals surface area contributed by atoms with Gasteiger partial charge in [0.25, 0.3) is 11.6 Å². The number of aryl methyl sites for hydroxylation is 2. The first-order valence-electron chi connectivity index (χ1n) is 5.83. The number of carbonyl (C=O) groups excluding carboxylic acids is 1. The summed E-state index contributed by atoms with van der Waals surface area (Å²) >= 11 is 0. The van der Waals surface area contributed by atoms with E-state index in [1.165, 1.54) is 0 Å². The summed E-state index contributed by atoms with van der Waals surface area (Å²) < 4.78 is 5.04. The van der Waals surface area contributed by atoms with E-state index in [4.69, 9.17) is 14.7 Å². The molecule has 0 radical (unpaired) electrons. The molecule has 0 saturated heterocycles. The lowest BCUT2D eigenvalue weighted by atomic mass is 10.1. The first kappa shape index (κ1) is 13.4. The van der Waals surface area contributed by atoms with Crippen LogP contribution < -0.4 is 5.32 Å². The molecule has 0 unspecified atom stereocenters. The Morgan fingerprint density at radius 3 is 2.74 bits per heavy atom. The molecule has 2 rings (SSSR count). The van der Waals surface area contributed by atoms with Gasteiger partial charge >= 0.3 is 0 Å². The van der Waals surface area contributed by atoms with Crippen LogP contribution in [0.4, 0.5) is 0 Å². The Balaban J connectivity index is 2.43. The third kappa shape index (κ3) is 2.56. The van der Waals surface area contributed by atoms with Gasteiger partial charge in [0.2, 0.25) is 0 Å². The fourth-order valence-corrected chi connectivity index (χ4v) is 1.81. The maximum atomic E-state index is 12.2. The van der Waals surface area contributed by atoms with Crippen molar-refractivity contribution < 1.29 is 19.5 Å². The molecule has 7 nitrogen and oxygen atoms in total. The van der Waals surface area contributed by atoms with E-state index >= 15 is 0 Å². The van der Waals surface area contributed by atoms with Gasteiger partial charge in [-0.3, -0.25) is 4.79 Å². The topological polar surface area (TPSA) is 108 Å². The number of hydrogen-bond acceptors (Lipinski definition) is 6. The van der Waals surface area contributed by atoms with Gasteiger partial charge in [-0.2, -0.15) is 0 Å². The average molecular weight is 265 g/mol. The lowest BCUT2D eigenvalue weighted by Crippen LogP contribution is -2.40. The molecule has 0 aliphatic carbocycles. The number of aromatic nitrogens is 2. The largest absolute Gasteiger partial charge is 0.394 e. The first-order valence-corrected chi connectivity index (χ1v) is 5.83. The number of carbonyl (C=O) groups is 1. The van der Waals surface area contributed by atoms with E-state index in [0.717, 1.165) is 0 Å². The number of amides is 1. The summed E-state index contributed by atoms with van der Waals surface area (Å²) in [5.41, 5.74) is 1.86. The SMILES string of the molecule is Cc1cc(C(=O)NC(CO)CO)c2c(C)noc2n1. The molecular formula is C12H15N3O4. The van der Waals surface area contributed by atoms with Crippen LogP contribution in [0.3, 0.4) is 0 Å². The molecule has 2 aromatic heterocycles. The smallest absolute Gasteiger partial charge is 0.258 e. The molecule has 2 aromatic rings. The lowest BCUT2D eigenvalue weighted by Gasteiger charge is -2.13. The Morgan fingerprint density at radius 1 is 1.42 bits per heavy atom. The van der Waals surface area contributed by atoms with Crippen molar-refractivity contribution in [1.82, 2.24) is 15.5 Å². The molecular weight excluding hydrogens is 250 g/mol. The number of rotatable bonds is 4. The summed E-state index contributed by atoms with van der Waals surface area (Å²) in [5, 5.41) is 24.8. The zero-order valence-electron chi connectivity index (χ0n) is 10.7. The standard InChI is InChI=1S/C12H15N3O4/c1-6-3-9(11(18)14-8(4-16)5-17)10-7(2)15-19-12(10)13-6/h3,8,16-17H,4-5H2,1-2H3,(H,14,18). The van der Waals surface area contributed by atoms with Crippen LogP contribution in [0.15, 0.2) is 10.6 Å². The quantitative estimate of drug-likeness (QED) is 0.713. The van der Waals surface area contributed by atoms with Crippen molar-refractivity contribution >= 4 is 17.0 Å². The third-order valence-corrected chi connectivity index (χ3v) is 2.77. The monoisotopic (exact) mass is 265 g/mol. The van der Waals surface area contributed by atoms with E-state index in [1.807, 2.05) is 0 Å². The van der Waals surface area contributed by atoms with E-state index in [2.05, 4.69) is 15.5 Å². The highest BCUT2D eigenvalue weighted by Gasteiger charge is 2.19. The Morgan fingerprint density at radius 2 is 2.11 bits per heavy atom. The Bertz CT molecular complexity index is 604. The average Bonchev–Trinajstić information content (AvgIpc) is 2.76. The second-order valence-electron chi connectivity index (χ2n) is 4.29. The molecule has 0 aromatic carbocycles. The Labute approximate surface area is 109 Å². The van der Waals surface area contributed by atoms with Crippen molar-refractivity contribution in [1.29, 1.82) is 0 Å². The highest BCUT2D eigenvalue weighted by molar-refractivity contribution is 6.06. The maximum Gasteiger partial charge on any atom is 0.258 e. The van der Waals surface area contributed by atoms with Gasteiger partial charge in [0.05, 0.1) is 35.9 Å². The van der Waals surface area contributed by atoms with Gasteiger partial charge in [-0.1, -0.05) is 5.16 Å². The van der Waals surface area contributed by atoms with Gasteiger partial charge in [0, 0.05) is 5.69 Å². The van der Waals surface area contributed by atoms with Crippen molar-refractivity contribution in [3.05, 3.63) is 23.0 Å². The summed E-state index contributed by atoms with van der Waals surface area (Å²) in [6.45, 7) is 2.79. The molecule has 0 aliphatic heterocycles.